The first kappa shape index (κ1) is 14.7. The molecule has 1 amide bonds. The van der Waals surface area contributed by atoms with Crippen molar-refractivity contribution in [3.63, 3.8) is 0 Å². The van der Waals surface area contributed by atoms with Gasteiger partial charge in [0.05, 0.1) is 0 Å². The van der Waals surface area contributed by atoms with Crippen molar-refractivity contribution in [2.75, 3.05) is 19.6 Å². The highest BCUT2D eigenvalue weighted by atomic mass is 16.2. The van der Waals surface area contributed by atoms with E-state index < -0.39 is 0 Å². The van der Waals surface area contributed by atoms with Gasteiger partial charge in [-0.05, 0) is 45.5 Å². The Morgan fingerprint density at radius 1 is 1.50 bits per heavy atom. The number of nitrogens with one attached hydrogen (secondary N) is 2. The number of hydrogen-bond acceptors (Lipinski definition) is 3. The van der Waals surface area contributed by atoms with Crippen LogP contribution in [0, 0.1) is 0 Å². The minimum Gasteiger partial charge on any atom is -0.348 e. The zero-order valence-electron chi connectivity index (χ0n) is 11.6. The Morgan fingerprint density at radius 3 is 2.78 bits per heavy atom. The van der Waals surface area contributed by atoms with E-state index in [9.17, 15) is 4.79 Å². The molecule has 18 heavy (non-hydrogen) atoms. The molecule has 0 aromatic carbocycles. The summed E-state index contributed by atoms with van der Waals surface area (Å²) >= 11 is 0. The van der Waals surface area contributed by atoms with Crippen LogP contribution in [0.1, 0.15) is 44.1 Å². The SMILES string of the molecule is CCN(CC)CCC[C@@H](C)NC(=O)c1ccn[nH]1. The highest BCUT2D eigenvalue weighted by molar-refractivity contribution is 5.92. The normalized spacial score (nSPS) is 12.7. The quantitative estimate of drug-likeness (QED) is 0.739. The summed E-state index contributed by atoms with van der Waals surface area (Å²) in [6.07, 6.45) is 3.68. The maximum absolute atomic E-state index is 11.7. The largest absolute Gasteiger partial charge is 0.348 e. The fourth-order valence-corrected chi connectivity index (χ4v) is 1.92. The van der Waals surface area contributed by atoms with Crippen LogP contribution in [0.3, 0.4) is 0 Å². The summed E-state index contributed by atoms with van der Waals surface area (Å²) in [6, 6.07) is 1.87. The van der Waals surface area contributed by atoms with Crippen LogP contribution in [0.25, 0.3) is 0 Å². The van der Waals surface area contributed by atoms with E-state index in [0.717, 1.165) is 32.5 Å². The maximum Gasteiger partial charge on any atom is 0.269 e. The smallest absolute Gasteiger partial charge is 0.269 e. The first-order chi connectivity index (χ1) is 8.67. The Balaban J connectivity index is 2.21. The molecule has 0 saturated heterocycles. The lowest BCUT2D eigenvalue weighted by molar-refractivity contribution is 0.0932. The van der Waals surface area contributed by atoms with Crippen LogP contribution in [0.5, 0.6) is 0 Å². The second kappa shape index (κ2) is 7.87. The van der Waals surface area contributed by atoms with Gasteiger partial charge in [0.15, 0.2) is 0 Å². The van der Waals surface area contributed by atoms with Gasteiger partial charge in [-0.2, -0.15) is 5.10 Å². The number of aromatic amines is 1. The Bertz CT molecular complexity index is 333. The third-order valence-electron chi connectivity index (χ3n) is 3.13. The lowest BCUT2D eigenvalue weighted by atomic mass is 10.1. The molecular weight excluding hydrogens is 228 g/mol. The van der Waals surface area contributed by atoms with E-state index >= 15 is 0 Å². The van der Waals surface area contributed by atoms with Gasteiger partial charge < -0.3 is 10.2 Å². The molecule has 5 heteroatoms. The molecule has 1 rings (SSSR count). The molecule has 5 nitrogen and oxygen atoms in total. The molecule has 2 N–H and O–H groups in total. The monoisotopic (exact) mass is 252 g/mol. The molecule has 102 valence electrons. The number of amides is 1. The van der Waals surface area contributed by atoms with Gasteiger partial charge in [-0.3, -0.25) is 9.89 Å². The fraction of sp³-hybridized carbons (Fsp3) is 0.692. The first-order valence-electron chi connectivity index (χ1n) is 6.70. The summed E-state index contributed by atoms with van der Waals surface area (Å²) in [5.74, 6) is -0.0807. The van der Waals surface area contributed by atoms with Gasteiger partial charge >= 0.3 is 0 Å². The predicted molar refractivity (Wildman–Crippen MR) is 72.5 cm³/mol. The number of nitrogens with zero attached hydrogens (tertiary/aromatic N) is 2. The second-order valence-electron chi connectivity index (χ2n) is 4.51. The fourth-order valence-electron chi connectivity index (χ4n) is 1.92. The number of carbonyl (C=O) groups excluding carboxylic acids is 1. The zero-order valence-corrected chi connectivity index (χ0v) is 11.6. The second-order valence-corrected chi connectivity index (χ2v) is 4.51. The molecule has 1 heterocycles. The van der Waals surface area contributed by atoms with Gasteiger partial charge in [0.25, 0.3) is 5.91 Å². The number of rotatable bonds is 8. The summed E-state index contributed by atoms with van der Waals surface area (Å²) < 4.78 is 0. The van der Waals surface area contributed by atoms with Crippen molar-refractivity contribution in [2.24, 2.45) is 0 Å². The zero-order chi connectivity index (χ0) is 13.4. The highest BCUT2D eigenvalue weighted by Gasteiger charge is 2.10. The van der Waals surface area contributed by atoms with E-state index in [4.69, 9.17) is 0 Å². The molecule has 1 aromatic rings. The van der Waals surface area contributed by atoms with Gasteiger partial charge in [0.2, 0.25) is 0 Å². The van der Waals surface area contributed by atoms with Crippen LogP contribution < -0.4 is 5.32 Å². The molecule has 0 spiro atoms. The molecule has 0 radical (unpaired) electrons. The predicted octanol–water partition coefficient (Wildman–Crippen LogP) is 1.65. The lowest BCUT2D eigenvalue weighted by Gasteiger charge is -2.19. The molecule has 0 fully saturated rings. The van der Waals surface area contributed by atoms with Crippen molar-refractivity contribution >= 4 is 5.91 Å². The summed E-state index contributed by atoms with van der Waals surface area (Å²) in [5.41, 5.74) is 0.519. The third kappa shape index (κ3) is 4.87. The standard InChI is InChI=1S/C13H24N4O/c1-4-17(5-2)10-6-7-11(3)15-13(18)12-8-9-14-16-12/h8-9,11H,4-7,10H2,1-3H3,(H,14,16)(H,15,18)/t11-/m1/s1. The topological polar surface area (TPSA) is 61.0 Å². The Morgan fingerprint density at radius 2 is 2.22 bits per heavy atom. The van der Waals surface area contributed by atoms with Gasteiger partial charge in [0, 0.05) is 12.2 Å². The Hall–Kier alpha value is -1.36. The molecule has 0 bridgehead atoms. The van der Waals surface area contributed by atoms with Crippen molar-refractivity contribution in [3.05, 3.63) is 18.0 Å². The van der Waals surface area contributed by atoms with Crippen LogP contribution in [-0.4, -0.2) is 46.7 Å². The van der Waals surface area contributed by atoms with Crippen molar-refractivity contribution in [1.82, 2.24) is 20.4 Å². The molecule has 1 aromatic heterocycles. The lowest BCUT2D eigenvalue weighted by Crippen LogP contribution is -2.33. The Kier molecular flexibility index (Phi) is 6.43. The number of H-pyrrole nitrogens is 1. The summed E-state index contributed by atoms with van der Waals surface area (Å²) in [6.45, 7) is 9.66. The maximum atomic E-state index is 11.7. The van der Waals surface area contributed by atoms with Crippen LogP contribution in [0.4, 0.5) is 0 Å². The van der Waals surface area contributed by atoms with Crippen molar-refractivity contribution in [1.29, 1.82) is 0 Å². The van der Waals surface area contributed by atoms with Crippen molar-refractivity contribution < 1.29 is 4.79 Å². The van der Waals surface area contributed by atoms with E-state index in [1.165, 1.54) is 0 Å². The summed E-state index contributed by atoms with van der Waals surface area (Å²) in [4.78, 5) is 14.1. The number of hydrogen-bond donors (Lipinski definition) is 2. The molecule has 0 aliphatic heterocycles. The van der Waals surface area contributed by atoms with Crippen LogP contribution >= 0.6 is 0 Å². The molecule has 0 aliphatic rings. The minimum atomic E-state index is -0.0807. The van der Waals surface area contributed by atoms with E-state index in [1.807, 2.05) is 6.92 Å². The molecule has 0 unspecified atom stereocenters. The van der Waals surface area contributed by atoms with Crippen molar-refractivity contribution in [2.45, 2.75) is 39.7 Å². The molecule has 0 saturated carbocycles. The average molecular weight is 252 g/mol. The van der Waals surface area contributed by atoms with E-state index in [1.54, 1.807) is 12.3 Å². The van der Waals surface area contributed by atoms with Crippen LogP contribution in [0.2, 0.25) is 0 Å². The van der Waals surface area contributed by atoms with Gasteiger partial charge in [0.1, 0.15) is 5.69 Å². The highest BCUT2D eigenvalue weighted by Crippen LogP contribution is 2.01. The van der Waals surface area contributed by atoms with E-state index in [0.29, 0.717) is 5.69 Å². The first-order valence-corrected chi connectivity index (χ1v) is 6.70. The molecule has 0 aliphatic carbocycles. The van der Waals surface area contributed by atoms with Gasteiger partial charge in [-0.25, -0.2) is 0 Å². The van der Waals surface area contributed by atoms with Crippen LogP contribution in [0.15, 0.2) is 12.3 Å². The van der Waals surface area contributed by atoms with Gasteiger partial charge in [-0.1, -0.05) is 13.8 Å². The van der Waals surface area contributed by atoms with E-state index in [-0.39, 0.29) is 11.9 Å². The van der Waals surface area contributed by atoms with E-state index in [2.05, 4.69) is 34.3 Å². The van der Waals surface area contributed by atoms with Crippen molar-refractivity contribution in [3.8, 4) is 0 Å². The summed E-state index contributed by atoms with van der Waals surface area (Å²) in [7, 11) is 0. The summed E-state index contributed by atoms with van der Waals surface area (Å²) in [5, 5.41) is 9.39. The van der Waals surface area contributed by atoms with Gasteiger partial charge in [-0.15, -0.1) is 0 Å². The molecular formula is C13H24N4O. The van der Waals surface area contributed by atoms with Crippen LogP contribution in [-0.2, 0) is 0 Å². The average Bonchev–Trinajstić information content (AvgIpc) is 2.88. The minimum absolute atomic E-state index is 0.0807. The third-order valence-corrected chi connectivity index (χ3v) is 3.13. The number of carbonyl (C=O) groups is 1. The molecule has 1 atom stereocenters. The Labute approximate surface area is 109 Å². The number of aromatic nitrogens is 2.